The van der Waals surface area contributed by atoms with Crippen molar-refractivity contribution in [3.05, 3.63) is 112 Å². The smallest absolute Gasteiger partial charge is 0.339 e. The van der Waals surface area contributed by atoms with Crippen LogP contribution in [0.1, 0.15) is 70.3 Å². The molecule has 1 aromatic heterocycles. The topological polar surface area (TPSA) is 56.3 Å². The van der Waals surface area contributed by atoms with E-state index in [1.807, 2.05) is 54.6 Å². The zero-order valence-corrected chi connectivity index (χ0v) is 21.5. The van der Waals surface area contributed by atoms with Crippen molar-refractivity contribution in [2.45, 2.75) is 46.1 Å². The van der Waals surface area contributed by atoms with Gasteiger partial charge in [-0.25, -0.2) is 9.78 Å². The van der Waals surface area contributed by atoms with Gasteiger partial charge < -0.3 is 4.74 Å². The number of allylic oxidation sites excluding steroid dienone is 1. The molecule has 0 saturated heterocycles. The summed E-state index contributed by atoms with van der Waals surface area (Å²) in [6, 6.07) is 25.3. The van der Waals surface area contributed by atoms with E-state index in [1.165, 1.54) is 0 Å². The maximum atomic E-state index is 13.7. The second kappa shape index (κ2) is 10.5. The largest absolute Gasteiger partial charge is 0.451 e. The van der Waals surface area contributed by atoms with Gasteiger partial charge in [-0.2, -0.15) is 0 Å². The van der Waals surface area contributed by atoms with E-state index in [2.05, 4.69) is 32.1 Å². The van der Waals surface area contributed by atoms with Crippen molar-refractivity contribution in [1.29, 1.82) is 0 Å². The summed E-state index contributed by atoms with van der Waals surface area (Å²) in [4.78, 5) is 31.8. The number of rotatable bonds is 6. The number of carbonyl (C=O) groups excluding carboxylic acids is 2. The van der Waals surface area contributed by atoms with Crippen LogP contribution in [0.3, 0.4) is 0 Å². The number of ketones is 1. The second-order valence-corrected chi connectivity index (χ2v) is 9.89. The number of pyridine rings is 1. The van der Waals surface area contributed by atoms with Gasteiger partial charge in [-0.3, -0.25) is 4.79 Å². The normalized spacial score (nSPS) is 16.8. The molecule has 1 aliphatic carbocycles. The summed E-state index contributed by atoms with van der Waals surface area (Å²) < 4.78 is 5.84. The average molecular weight is 490 g/mol. The first-order valence-electron chi connectivity index (χ1n) is 13.0. The van der Waals surface area contributed by atoms with Gasteiger partial charge in [-0.15, -0.1) is 0 Å². The van der Waals surface area contributed by atoms with Gasteiger partial charge in [-0.05, 0) is 66.5 Å². The minimum atomic E-state index is -0.900. The van der Waals surface area contributed by atoms with Crippen LogP contribution in [0.25, 0.3) is 22.6 Å². The first-order valence-corrected chi connectivity index (χ1v) is 13.0. The molecule has 0 fully saturated rings. The lowest BCUT2D eigenvalue weighted by Crippen LogP contribution is -2.26. The molecule has 0 N–H and O–H groups in total. The fraction of sp³-hybridized carbons (Fsp3) is 0.242. The lowest BCUT2D eigenvalue weighted by molar-refractivity contribution is 0.0319. The third-order valence-corrected chi connectivity index (χ3v) is 7.06. The van der Waals surface area contributed by atoms with E-state index in [0.29, 0.717) is 17.0 Å². The quantitative estimate of drug-likeness (QED) is 0.210. The molecule has 4 heteroatoms. The predicted octanol–water partition coefficient (Wildman–Crippen LogP) is 7.35. The molecule has 0 saturated carbocycles. The Morgan fingerprint density at radius 1 is 0.973 bits per heavy atom. The number of benzene rings is 3. The Morgan fingerprint density at radius 3 is 2.41 bits per heavy atom. The Balaban J connectivity index is 1.54. The molecule has 4 aromatic rings. The van der Waals surface area contributed by atoms with Crippen molar-refractivity contribution in [3.8, 4) is 0 Å². The van der Waals surface area contributed by atoms with Crippen molar-refractivity contribution < 1.29 is 14.3 Å². The SMILES string of the molecule is CCc1ccc(C(=O)C(C)OC(=O)c2c3c(nc4ccccc24)C(=Cc2ccccc2)CC(C)C3)cc1. The zero-order chi connectivity index (χ0) is 25.9. The molecule has 0 bridgehead atoms. The molecule has 186 valence electrons. The van der Waals surface area contributed by atoms with Crippen LogP contribution in [0.5, 0.6) is 0 Å². The molecule has 1 aliphatic rings. The predicted molar refractivity (Wildman–Crippen MR) is 149 cm³/mol. The molecule has 3 aromatic carbocycles. The summed E-state index contributed by atoms with van der Waals surface area (Å²) in [5, 5.41) is 0.756. The van der Waals surface area contributed by atoms with Gasteiger partial charge in [-0.1, -0.05) is 86.6 Å². The van der Waals surface area contributed by atoms with Crippen molar-refractivity contribution >= 4 is 34.3 Å². The summed E-state index contributed by atoms with van der Waals surface area (Å²) in [7, 11) is 0. The van der Waals surface area contributed by atoms with Crippen molar-refractivity contribution in [2.75, 3.05) is 0 Å². The van der Waals surface area contributed by atoms with Gasteiger partial charge in [0.1, 0.15) is 0 Å². The summed E-state index contributed by atoms with van der Waals surface area (Å²) in [5.41, 5.74) is 6.93. The third-order valence-electron chi connectivity index (χ3n) is 7.06. The summed E-state index contributed by atoms with van der Waals surface area (Å²) in [6.07, 6.45) is 3.77. The molecule has 2 unspecified atom stereocenters. The Morgan fingerprint density at radius 2 is 1.68 bits per heavy atom. The fourth-order valence-corrected chi connectivity index (χ4v) is 5.13. The van der Waals surface area contributed by atoms with Gasteiger partial charge in [0.25, 0.3) is 0 Å². The lowest BCUT2D eigenvalue weighted by atomic mass is 9.80. The van der Waals surface area contributed by atoms with Crippen LogP contribution in [-0.4, -0.2) is 22.8 Å². The number of para-hydroxylation sites is 1. The second-order valence-electron chi connectivity index (χ2n) is 9.89. The van der Waals surface area contributed by atoms with Gasteiger partial charge in [0, 0.05) is 10.9 Å². The van der Waals surface area contributed by atoms with E-state index in [9.17, 15) is 9.59 Å². The van der Waals surface area contributed by atoms with E-state index in [4.69, 9.17) is 9.72 Å². The van der Waals surface area contributed by atoms with Crippen LogP contribution < -0.4 is 0 Å². The number of aryl methyl sites for hydroxylation is 1. The molecular weight excluding hydrogens is 458 g/mol. The minimum Gasteiger partial charge on any atom is -0.451 e. The first kappa shape index (κ1) is 24.6. The number of hydrogen-bond acceptors (Lipinski definition) is 4. The molecule has 4 nitrogen and oxygen atoms in total. The molecular formula is C33H31NO3. The van der Waals surface area contributed by atoms with E-state index in [1.54, 1.807) is 19.1 Å². The summed E-state index contributed by atoms with van der Waals surface area (Å²) in [6.45, 7) is 5.91. The number of carbonyl (C=O) groups is 2. The highest BCUT2D eigenvalue weighted by atomic mass is 16.5. The molecule has 0 radical (unpaired) electrons. The maximum Gasteiger partial charge on any atom is 0.339 e. The highest BCUT2D eigenvalue weighted by Crippen LogP contribution is 2.39. The van der Waals surface area contributed by atoms with E-state index in [0.717, 1.165) is 58.1 Å². The van der Waals surface area contributed by atoms with E-state index >= 15 is 0 Å². The Labute approximate surface area is 218 Å². The number of nitrogens with zero attached hydrogens (tertiary/aromatic N) is 1. The standard InChI is InChI=1S/C33H31NO3/c1-4-23-14-16-25(17-15-23)32(35)22(3)37-33(36)30-27-12-8-9-13-29(27)34-31-26(18-21(2)19-28(30)31)20-24-10-6-5-7-11-24/h5-17,20-22H,4,18-19H2,1-3H3. The number of esters is 1. The Kier molecular flexibility index (Phi) is 7.00. The number of ether oxygens (including phenoxy) is 1. The van der Waals surface area contributed by atoms with Crippen LogP contribution in [0.4, 0.5) is 0 Å². The Bertz CT molecular complexity index is 1490. The Hall–Kier alpha value is -4.05. The lowest BCUT2D eigenvalue weighted by Gasteiger charge is -2.27. The molecule has 37 heavy (non-hydrogen) atoms. The maximum absolute atomic E-state index is 13.7. The molecule has 5 rings (SSSR count). The van der Waals surface area contributed by atoms with E-state index < -0.39 is 12.1 Å². The highest BCUT2D eigenvalue weighted by Gasteiger charge is 2.30. The number of aromatic nitrogens is 1. The molecule has 2 atom stereocenters. The number of fused-ring (bicyclic) bond motifs is 2. The minimum absolute atomic E-state index is 0.207. The van der Waals surface area contributed by atoms with Gasteiger partial charge in [0.2, 0.25) is 5.78 Å². The van der Waals surface area contributed by atoms with Crippen LogP contribution in [0, 0.1) is 5.92 Å². The average Bonchev–Trinajstić information content (AvgIpc) is 2.92. The monoisotopic (exact) mass is 489 g/mol. The molecule has 0 amide bonds. The van der Waals surface area contributed by atoms with Crippen molar-refractivity contribution in [3.63, 3.8) is 0 Å². The molecule has 1 heterocycles. The number of Topliss-reactive ketones (excluding diaryl/α,β-unsaturated/α-hetero) is 1. The molecule has 0 spiro atoms. The van der Waals surface area contributed by atoms with Crippen LogP contribution in [0.15, 0.2) is 78.9 Å². The first-order chi connectivity index (χ1) is 17.9. The van der Waals surface area contributed by atoms with E-state index in [-0.39, 0.29) is 5.78 Å². The van der Waals surface area contributed by atoms with Crippen LogP contribution in [0.2, 0.25) is 0 Å². The van der Waals surface area contributed by atoms with Gasteiger partial charge >= 0.3 is 5.97 Å². The van der Waals surface area contributed by atoms with Gasteiger partial charge in [0.05, 0.1) is 16.8 Å². The molecule has 0 aliphatic heterocycles. The third kappa shape index (κ3) is 5.10. The highest BCUT2D eigenvalue weighted by molar-refractivity contribution is 6.08. The van der Waals surface area contributed by atoms with Crippen LogP contribution >= 0.6 is 0 Å². The number of hydrogen-bond donors (Lipinski definition) is 0. The zero-order valence-electron chi connectivity index (χ0n) is 21.5. The van der Waals surface area contributed by atoms with Gasteiger partial charge in [0.15, 0.2) is 6.10 Å². The van der Waals surface area contributed by atoms with Crippen molar-refractivity contribution in [1.82, 2.24) is 4.98 Å². The summed E-state index contributed by atoms with van der Waals surface area (Å²) >= 11 is 0. The summed E-state index contributed by atoms with van der Waals surface area (Å²) in [5.74, 6) is -0.344. The van der Waals surface area contributed by atoms with Crippen LogP contribution in [-0.2, 0) is 17.6 Å². The van der Waals surface area contributed by atoms with Crippen molar-refractivity contribution in [2.24, 2.45) is 5.92 Å². The fourth-order valence-electron chi connectivity index (χ4n) is 5.13.